The van der Waals surface area contributed by atoms with E-state index in [1.54, 1.807) is 23.6 Å². The lowest BCUT2D eigenvalue weighted by Crippen LogP contribution is -2.26. The number of carbonyl (C=O) groups is 1. The SMILES string of the molecule is CC(C)n1ncc2c(C(=O)NCCO)cc(-c3cccs3)nc21. The molecular weight excluding hydrogens is 312 g/mol. The maximum atomic E-state index is 12.4. The third-order valence-electron chi connectivity index (χ3n) is 3.47. The summed E-state index contributed by atoms with van der Waals surface area (Å²) in [6, 6.07) is 5.86. The second-order valence-electron chi connectivity index (χ2n) is 5.43. The molecule has 1 amide bonds. The molecule has 3 aromatic rings. The molecule has 0 unspecified atom stereocenters. The molecule has 120 valence electrons. The van der Waals surface area contributed by atoms with Crippen LogP contribution in [-0.2, 0) is 0 Å². The van der Waals surface area contributed by atoms with Crippen LogP contribution in [0.25, 0.3) is 21.6 Å². The van der Waals surface area contributed by atoms with E-state index < -0.39 is 0 Å². The van der Waals surface area contributed by atoms with Crippen molar-refractivity contribution in [2.24, 2.45) is 0 Å². The van der Waals surface area contributed by atoms with Gasteiger partial charge in [-0.05, 0) is 31.4 Å². The highest BCUT2D eigenvalue weighted by atomic mass is 32.1. The first-order valence-corrected chi connectivity index (χ1v) is 8.31. The molecule has 23 heavy (non-hydrogen) atoms. The van der Waals surface area contributed by atoms with Crippen LogP contribution >= 0.6 is 11.3 Å². The largest absolute Gasteiger partial charge is 0.395 e. The summed E-state index contributed by atoms with van der Waals surface area (Å²) < 4.78 is 1.81. The summed E-state index contributed by atoms with van der Waals surface area (Å²) in [7, 11) is 0. The fraction of sp³-hybridized carbons (Fsp3) is 0.312. The van der Waals surface area contributed by atoms with Gasteiger partial charge in [0.25, 0.3) is 5.91 Å². The number of aromatic nitrogens is 3. The van der Waals surface area contributed by atoms with E-state index in [4.69, 9.17) is 10.1 Å². The summed E-state index contributed by atoms with van der Waals surface area (Å²) >= 11 is 1.58. The van der Waals surface area contributed by atoms with Crippen molar-refractivity contribution >= 4 is 28.3 Å². The number of hydrogen-bond acceptors (Lipinski definition) is 5. The van der Waals surface area contributed by atoms with Crippen molar-refractivity contribution in [2.45, 2.75) is 19.9 Å². The van der Waals surface area contributed by atoms with Crippen LogP contribution in [0.3, 0.4) is 0 Å². The van der Waals surface area contributed by atoms with Crippen molar-refractivity contribution in [1.29, 1.82) is 0 Å². The van der Waals surface area contributed by atoms with Crippen molar-refractivity contribution < 1.29 is 9.90 Å². The number of rotatable bonds is 5. The molecule has 0 spiro atoms. The molecule has 0 radical (unpaired) electrons. The second kappa shape index (κ2) is 6.47. The lowest BCUT2D eigenvalue weighted by molar-refractivity contribution is 0.0946. The van der Waals surface area contributed by atoms with Crippen LogP contribution < -0.4 is 5.32 Å². The second-order valence-corrected chi connectivity index (χ2v) is 6.38. The molecular formula is C16H18N4O2S. The van der Waals surface area contributed by atoms with Crippen molar-refractivity contribution in [3.05, 3.63) is 35.3 Å². The van der Waals surface area contributed by atoms with E-state index in [-0.39, 0.29) is 25.1 Å². The van der Waals surface area contributed by atoms with E-state index in [1.807, 2.05) is 36.0 Å². The normalized spacial score (nSPS) is 11.3. The molecule has 0 aliphatic carbocycles. The molecule has 0 aliphatic heterocycles. The molecule has 3 rings (SSSR count). The van der Waals surface area contributed by atoms with Crippen molar-refractivity contribution in [1.82, 2.24) is 20.1 Å². The number of nitrogens with one attached hydrogen (secondary N) is 1. The summed E-state index contributed by atoms with van der Waals surface area (Å²) in [5.74, 6) is -0.229. The predicted molar refractivity (Wildman–Crippen MR) is 90.6 cm³/mol. The molecule has 0 aliphatic rings. The van der Waals surface area contributed by atoms with Crippen LogP contribution in [0, 0.1) is 0 Å². The van der Waals surface area contributed by atoms with Crippen LogP contribution in [0.5, 0.6) is 0 Å². The number of aliphatic hydroxyl groups is 1. The van der Waals surface area contributed by atoms with E-state index in [1.165, 1.54) is 0 Å². The predicted octanol–water partition coefficient (Wildman–Crippen LogP) is 2.46. The fourth-order valence-electron chi connectivity index (χ4n) is 2.40. The highest BCUT2D eigenvalue weighted by Crippen LogP contribution is 2.28. The first-order valence-electron chi connectivity index (χ1n) is 7.43. The molecule has 0 fully saturated rings. The van der Waals surface area contributed by atoms with Gasteiger partial charge in [-0.2, -0.15) is 5.10 Å². The Bertz CT molecular complexity index is 824. The Labute approximate surface area is 137 Å². The maximum absolute atomic E-state index is 12.4. The van der Waals surface area contributed by atoms with Gasteiger partial charge in [0.05, 0.1) is 34.3 Å². The first kappa shape index (κ1) is 15.6. The van der Waals surface area contributed by atoms with Gasteiger partial charge in [0.2, 0.25) is 0 Å². The van der Waals surface area contributed by atoms with Gasteiger partial charge in [-0.25, -0.2) is 9.67 Å². The number of aliphatic hydroxyl groups excluding tert-OH is 1. The van der Waals surface area contributed by atoms with E-state index in [0.717, 1.165) is 16.0 Å². The molecule has 7 heteroatoms. The summed E-state index contributed by atoms with van der Waals surface area (Å²) in [6.45, 7) is 4.17. The minimum atomic E-state index is -0.229. The lowest BCUT2D eigenvalue weighted by Gasteiger charge is -2.10. The Morgan fingerprint density at radius 3 is 2.96 bits per heavy atom. The number of nitrogens with zero attached hydrogens (tertiary/aromatic N) is 3. The first-order chi connectivity index (χ1) is 11.1. The van der Waals surface area contributed by atoms with Crippen LogP contribution in [0.1, 0.15) is 30.2 Å². The van der Waals surface area contributed by atoms with Gasteiger partial charge in [-0.1, -0.05) is 6.07 Å². The number of hydrogen-bond donors (Lipinski definition) is 2. The van der Waals surface area contributed by atoms with Gasteiger partial charge < -0.3 is 10.4 Å². The topological polar surface area (TPSA) is 80.0 Å². The van der Waals surface area contributed by atoms with Crippen molar-refractivity contribution in [3.63, 3.8) is 0 Å². The van der Waals surface area contributed by atoms with Crippen LogP contribution in [0.15, 0.2) is 29.8 Å². The van der Waals surface area contributed by atoms with Gasteiger partial charge in [0, 0.05) is 12.6 Å². The molecule has 3 heterocycles. The summed E-state index contributed by atoms with van der Waals surface area (Å²) in [5.41, 5.74) is 1.97. The van der Waals surface area contributed by atoms with Gasteiger partial charge in [0.1, 0.15) is 0 Å². The van der Waals surface area contributed by atoms with Gasteiger partial charge in [-0.15, -0.1) is 11.3 Å². The maximum Gasteiger partial charge on any atom is 0.252 e. The van der Waals surface area contributed by atoms with Crippen molar-refractivity contribution in [3.8, 4) is 10.6 Å². The summed E-state index contributed by atoms with van der Waals surface area (Å²) in [6.07, 6.45) is 1.67. The summed E-state index contributed by atoms with van der Waals surface area (Å²) in [5, 5.41) is 18.7. The number of amides is 1. The Balaban J connectivity index is 2.18. The van der Waals surface area contributed by atoms with E-state index in [0.29, 0.717) is 11.2 Å². The smallest absolute Gasteiger partial charge is 0.252 e. The Hall–Kier alpha value is -2.25. The minimum Gasteiger partial charge on any atom is -0.395 e. The standard InChI is InChI=1S/C16H18N4O2S/c1-10(2)20-15-12(9-18-20)11(16(22)17-5-6-21)8-13(19-15)14-4-3-7-23-14/h3-4,7-10,21H,5-6H2,1-2H3,(H,17,22). The average molecular weight is 330 g/mol. The van der Waals surface area contributed by atoms with Gasteiger partial charge >= 0.3 is 0 Å². The van der Waals surface area contributed by atoms with Crippen molar-refractivity contribution in [2.75, 3.05) is 13.2 Å². The Morgan fingerprint density at radius 1 is 1.48 bits per heavy atom. The van der Waals surface area contributed by atoms with Gasteiger partial charge in [0.15, 0.2) is 5.65 Å². The number of pyridine rings is 1. The van der Waals surface area contributed by atoms with Crippen LogP contribution in [-0.4, -0.2) is 38.9 Å². The molecule has 0 aromatic carbocycles. The van der Waals surface area contributed by atoms with E-state index >= 15 is 0 Å². The fourth-order valence-corrected chi connectivity index (χ4v) is 3.09. The van der Waals surface area contributed by atoms with Crippen LogP contribution in [0.4, 0.5) is 0 Å². The molecule has 0 saturated heterocycles. The van der Waals surface area contributed by atoms with E-state index in [2.05, 4.69) is 10.4 Å². The average Bonchev–Trinajstić information content (AvgIpc) is 3.20. The summed E-state index contributed by atoms with van der Waals surface area (Å²) in [4.78, 5) is 18.1. The minimum absolute atomic E-state index is 0.0942. The zero-order chi connectivity index (χ0) is 16.4. The number of thiophene rings is 1. The molecule has 0 bridgehead atoms. The van der Waals surface area contributed by atoms with Gasteiger partial charge in [-0.3, -0.25) is 4.79 Å². The molecule has 0 saturated carbocycles. The monoisotopic (exact) mass is 330 g/mol. The number of fused-ring (bicyclic) bond motifs is 1. The van der Waals surface area contributed by atoms with Crippen LogP contribution in [0.2, 0.25) is 0 Å². The molecule has 3 aromatic heterocycles. The highest BCUT2D eigenvalue weighted by molar-refractivity contribution is 7.13. The number of carbonyl (C=O) groups excluding carboxylic acids is 1. The zero-order valence-corrected chi connectivity index (χ0v) is 13.8. The quantitative estimate of drug-likeness (QED) is 0.753. The third-order valence-corrected chi connectivity index (χ3v) is 4.36. The zero-order valence-electron chi connectivity index (χ0n) is 13.0. The highest BCUT2D eigenvalue weighted by Gasteiger charge is 2.18. The molecule has 0 atom stereocenters. The van der Waals surface area contributed by atoms with E-state index in [9.17, 15) is 4.79 Å². The lowest BCUT2D eigenvalue weighted by atomic mass is 10.1. The Morgan fingerprint density at radius 2 is 2.30 bits per heavy atom. The molecule has 6 nitrogen and oxygen atoms in total. The third kappa shape index (κ3) is 2.97. The molecule has 2 N–H and O–H groups in total. The Kier molecular flexibility index (Phi) is 4.40.